The van der Waals surface area contributed by atoms with Crippen molar-refractivity contribution in [3.63, 3.8) is 0 Å². The third kappa shape index (κ3) is 5.01. The van der Waals surface area contributed by atoms with Crippen LogP contribution in [-0.2, 0) is 6.54 Å². The highest BCUT2D eigenvalue weighted by Crippen LogP contribution is 2.38. The van der Waals surface area contributed by atoms with Crippen LogP contribution in [0.5, 0.6) is 5.75 Å². The summed E-state index contributed by atoms with van der Waals surface area (Å²) in [5, 5.41) is 8.11. The number of rotatable bonds is 9. The van der Waals surface area contributed by atoms with Crippen molar-refractivity contribution in [1.82, 2.24) is 20.3 Å². The van der Waals surface area contributed by atoms with Gasteiger partial charge in [-0.25, -0.2) is 0 Å². The topological polar surface area (TPSA) is 101 Å². The van der Waals surface area contributed by atoms with Crippen LogP contribution >= 0.6 is 0 Å². The number of pyridine rings is 2. The lowest BCUT2D eigenvalue weighted by Gasteiger charge is -2.18. The van der Waals surface area contributed by atoms with Crippen molar-refractivity contribution in [2.45, 2.75) is 20.4 Å². The van der Waals surface area contributed by atoms with Gasteiger partial charge in [-0.05, 0) is 67.4 Å². The van der Waals surface area contributed by atoms with Crippen LogP contribution in [0.2, 0.25) is 0 Å². The molecule has 0 fully saturated rings. The van der Waals surface area contributed by atoms with Crippen molar-refractivity contribution >= 4 is 28.0 Å². The second-order valence-corrected chi connectivity index (χ2v) is 8.72. The monoisotopic (exact) mass is 478 g/mol. The Kier molecular flexibility index (Phi) is 6.82. The van der Waals surface area contributed by atoms with Gasteiger partial charge in [-0.1, -0.05) is 18.2 Å². The number of fused-ring (bicyclic) bond motifs is 1. The molecule has 5 N–H and O–H groups in total. The summed E-state index contributed by atoms with van der Waals surface area (Å²) in [6.07, 6.45) is 5.47. The number of anilines is 3. The Bertz CT molecular complexity index is 1460. The van der Waals surface area contributed by atoms with E-state index < -0.39 is 0 Å². The zero-order chi connectivity index (χ0) is 24.9. The molecular formula is C29H30N6O. The van der Waals surface area contributed by atoms with Gasteiger partial charge in [0.15, 0.2) is 0 Å². The van der Waals surface area contributed by atoms with Crippen LogP contribution in [0.1, 0.15) is 17.0 Å². The van der Waals surface area contributed by atoms with E-state index in [9.17, 15) is 0 Å². The van der Waals surface area contributed by atoms with Gasteiger partial charge in [0.05, 0.1) is 23.3 Å². The summed E-state index contributed by atoms with van der Waals surface area (Å²) in [4.78, 5) is 12.1. The lowest BCUT2D eigenvalue weighted by Crippen LogP contribution is -2.21. The number of H-pyrrole nitrogens is 1. The molecule has 3 heterocycles. The molecule has 36 heavy (non-hydrogen) atoms. The molecule has 0 saturated heterocycles. The fraction of sp³-hybridized carbons (Fsp3) is 0.172. The maximum absolute atomic E-state index is 6.42. The minimum absolute atomic E-state index is 0.568. The molecule has 0 saturated carbocycles. The summed E-state index contributed by atoms with van der Waals surface area (Å²) in [5.74, 6) is 0.816. The number of aromatic nitrogens is 3. The van der Waals surface area contributed by atoms with E-state index in [2.05, 4.69) is 50.7 Å². The second kappa shape index (κ2) is 10.5. The number of hydrogen-bond donors (Lipinski definition) is 4. The van der Waals surface area contributed by atoms with Crippen LogP contribution in [0.25, 0.3) is 22.0 Å². The molecule has 0 atom stereocenters. The van der Waals surface area contributed by atoms with E-state index in [1.807, 2.05) is 55.6 Å². The Morgan fingerprint density at radius 3 is 2.64 bits per heavy atom. The molecule has 0 aliphatic heterocycles. The molecule has 0 bridgehead atoms. The Labute approximate surface area is 210 Å². The zero-order valence-corrected chi connectivity index (χ0v) is 20.5. The van der Waals surface area contributed by atoms with Gasteiger partial charge in [-0.3, -0.25) is 9.97 Å². The molecule has 5 aromatic rings. The predicted octanol–water partition coefficient (Wildman–Crippen LogP) is 5.74. The molecule has 3 aromatic heterocycles. The third-order valence-corrected chi connectivity index (χ3v) is 6.28. The number of aryl methyl sites for hydroxylation is 2. The summed E-state index contributed by atoms with van der Waals surface area (Å²) in [5.41, 5.74) is 15.1. The van der Waals surface area contributed by atoms with Crippen molar-refractivity contribution < 1.29 is 4.74 Å². The summed E-state index contributed by atoms with van der Waals surface area (Å²) in [6.45, 7) is 6.13. The van der Waals surface area contributed by atoms with Gasteiger partial charge in [0, 0.05) is 53.3 Å². The molecule has 2 aromatic carbocycles. The number of nitrogens with one attached hydrogen (secondary N) is 3. The maximum atomic E-state index is 6.42. The largest absolute Gasteiger partial charge is 0.492 e. The van der Waals surface area contributed by atoms with Crippen LogP contribution < -0.4 is 21.1 Å². The van der Waals surface area contributed by atoms with Crippen LogP contribution in [0.15, 0.2) is 79.3 Å². The van der Waals surface area contributed by atoms with Gasteiger partial charge >= 0.3 is 0 Å². The highest BCUT2D eigenvalue weighted by Gasteiger charge is 2.15. The number of hydrogen-bond acceptors (Lipinski definition) is 6. The Morgan fingerprint density at radius 2 is 1.83 bits per heavy atom. The summed E-state index contributed by atoms with van der Waals surface area (Å²) < 4.78 is 5.92. The molecule has 5 rings (SSSR count). The fourth-order valence-electron chi connectivity index (χ4n) is 4.34. The number of aromatic amines is 1. The van der Waals surface area contributed by atoms with E-state index in [1.165, 1.54) is 5.39 Å². The van der Waals surface area contributed by atoms with Gasteiger partial charge in [-0.15, -0.1) is 0 Å². The fourth-order valence-corrected chi connectivity index (χ4v) is 4.34. The first-order chi connectivity index (χ1) is 17.6. The van der Waals surface area contributed by atoms with E-state index in [-0.39, 0.29) is 0 Å². The quantitative estimate of drug-likeness (QED) is 0.202. The molecule has 7 heteroatoms. The first-order valence-electron chi connectivity index (χ1n) is 12.0. The number of benzene rings is 2. The van der Waals surface area contributed by atoms with Crippen molar-refractivity contribution in [2.24, 2.45) is 0 Å². The van der Waals surface area contributed by atoms with Crippen LogP contribution in [0.4, 0.5) is 17.1 Å². The van der Waals surface area contributed by atoms with E-state index in [4.69, 9.17) is 10.5 Å². The standard InChI is InChI=1S/C29H30N6O/c1-19-24-12-14-33-27(24)11-10-26(19)35-29-25(30)18-34-20(2)28(29)21-6-8-23(9-7-21)36-16-15-31-17-22-5-3-4-13-32-22/h3-14,18,31,33H,15-17,30H2,1-2H3,(H,34,35). The first kappa shape index (κ1) is 23.4. The molecule has 182 valence electrons. The molecule has 0 aliphatic carbocycles. The SMILES string of the molecule is Cc1ncc(N)c(Nc2ccc3[nH]ccc3c2C)c1-c1ccc(OCCNCc2ccccn2)cc1. The van der Waals surface area contributed by atoms with Crippen molar-refractivity contribution in [3.8, 4) is 16.9 Å². The normalized spacial score (nSPS) is 11.1. The third-order valence-electron chi connectivity index (χ3n) is 6.28. The molecule has 7 nitrogen and oxygen atoms in total. The number of nitrogens with zero attached hydrogens (tertiary/aromatic N) is 2. The van der Waals surface area contributed by atoms with Gasteiger partial charge in [0.25, 0.3) is 0 Å². The minimum Gasteiger partial charge on any atom is -0.492 e. The Balaban J connectivity index is 1.29. The van der Waals surface area contributed by atoms with Crippen molar-refractivity contribution in [1.29, 1.82) is 0 Å². The summed E-state index contributed by atoms with van der Waals surface area (Å²) in [7, 11) is 0. The van der Waals surface area contributed by atoms with E-state index in [1.54, 1.807) is 12.4 Å². The van der Waals surface area contributed by atoms with Gasteiger partial charge in [-0.2, -0.15) is 0 Å². The van der Waals surface area contributed by atoms with E-state index in [0.717, 1.165) is 63.8 Å². The first-order valence-corrected chi connectivity index (χ1v) is 12.0. The molecule has 0 unspecified atom stereocenters. The number of ether oxygens (including phenoxy) is 1. The molecule has 0 amide bonds. The molecule has 0 spiro atoms. The van der Waals surface area contributed by atoms with E-state index in [0.29, 0.717) is 12.3 Å². The molecular weight excluding hydrogens is 448 g/mol. The van der Waals surface area contributed by atoms with Gasteiger partial charge in [0.2, 0.25) is 0 Å². The van der Waals surface area contributed by atoms with Gasteiger partial charge < -0.3 is 26.1 Å². The smallest absolute Gasteiger partial charge is 0.119 e. The zero-order valence-electron chi connectivity index (χ0n) is 20.5. The van der Waals surface area contributed by atoms with Gasteiger partial charge in [0.1, 0.15) is 12.4 Å². The molecule has 0 radical (unpaired) electrons. The minimum atomic E-state index is 0.568. The Morgan fingerprint density at radius 1 is 0.972 bits per heavy atom. The number of nitrogen functional groups attached to an aromatic ring is 1. The highest BCUT2D eigenvalue weighted by molar-refractivity contribution is 5.94. The average molecular weight is 479 g/mol. The van der Waals surface area contributed by atoms with Crippen LogP contribution in [0, 0.1) is 13.8 Å². The van der Waals surface area contributed by atoms with Crippen LogP contribution in [-0.4, -0.2) is 28.1 Å². The summed E-state index contributed by atoms with van der Waals surface area (Å²) >= 11 is 0. The van der Waals surface area contributed by atoms with Crippen molar-refractivity contribution in [2.75, 3.05) is 24.2 Å². The highest BCUT2D eigenvalue weighted by atomic mass is 16.5. The predicted molar refractivity (Wildman–Crippen MR) is 147 cm³/mol. The van der Waals surface area contributed by atoms with Crippen LogP contribution in [0.3, 0.4) is 0 Å². The lowest BCUT2D eigenvalue weighted by molar-refractivity contribution is 0.313. The number of nitrogens with two attached hydrogens (primary N) is 1. The van der Waals surface area contributed by atoms with Crippen molar-refractivity contribution in [3.05, 3.63) is 96.2 Å². The maximum Gasteiger partial charge on any atom is 0.119 e. The van der Waals surface area contributed by atoms with E-state index >= 15 is 0 Å². The second-order valence-electron chi connectivity index (χ2n) is 8.72. The molecule has 0 aliphatic rings. The Hall–Kier alpha value is -4.36. The summed E-state index contributed by atoms with van der Waals surface area (Å²) in [6, 6.07) is 20.2. The lowest BCUT2D eigenvalue weighted by atomic mass is 10.0. The average Bonchev–Trinajstić information content (AvgIpc) is 3.39.